The number of para-hydroxylation sites is 1. The third-order valence-electron chi connectivity index (χ3n) is 3.68. The van der Waals surface area contributed by atoms with Crippen LogP contribution in [0.15, 0.2) is 48.5 Å². The molecule has 1 aliphatic heterocycles. The number of halogens is 1. The van der Waals surface area contributed by atoms with Gasteiger partial charge >= 0.3 is 0 Å². The van der Waals surface area contributed by atoms with Crippen molar-refractivity contribution in [2.45, 2.75) is 12.3 Å². The maximum atomic E-state index is 12.4. The molecule has 96 valence electrons. The molecule has 0 aromatic heterocycles. The summed E-state index contributed by atoms with van der Waals surface area (Å²) in [4.78, 5) is 14.1. The number of fused-ring (bicyclic) bond motifs is 1. The summed E-state index contributed by atoms with van der Waals surface area (Å²) >= 11 is 6.19. The molecule has 2 aromatic rings. The molecule has 2 aromatic carbocycles. The molecule has 1 unspecified atom stereocenters. The van der Waals surface area contributed by atoms with Crippen molar-refractivity contribution in [3.8, 4) is 0 Å². The molecule has 1 atom stereocenters. The van der Waals surface area contributed by atoms with Crippen molar-refractivity contribution < 1.29 is 4.79 Å². The number of nitrogens with zero attached hydrogens (tertiary/aromatic N) is 1. The van der Waals surface area contributed by atoms with E-state index in [-0.39, 0.29) is 11.8 Å². The minimum atomic E-state index is -0.124. The number of benzene rings is 2. The molecule has 0 aliphatic carbocycles. The lowest BCUT2D eigenvalue weighted by molar-refractivity contribution is -0.119. The number of hydrogen-bond donors (Lipinski definition) is 0. The summed E-state index contributed by atoms with van der Waals surface area (Å²) in [5.41, 5.74) is 3.12. The van der Waals surface area contributed by atoms with E-state index in [4.69, 9.17) is 11.6 Å². The number of likely N-dealkylation sites (N-methyl/N-ethyl adjacent to an activating group) is 1. The number of carbonyl (C=O) groups excluding carboxylic acids is 1. The third-order valence-corrected chi connectivity index (χ3v) is 4.05. The van der Waals surface area contributed by atoms with Crippen LogP contribution in [0.5, 0.6) is 0 Å². The molecule has 0 fully saturated rings. The molecular weight excluding hydrogens is 258 g/mol. The molecule has 0 spiro atoms. The average Bonchev–Trinajstić information content (AvgIpc) is 2.67. The molecule has 3 heteroatoms. The van der Waals surface area contributed by atoms with Crippen molar-refractivity contribution in [3.63, 3.8) is 0 Å². The Labute approximate surface area is 117 Å². The Balaban J connectivity index is 1.98. The monoisotopic (exact) mass is 271 g/mol. The van der Waals surface area contributed by atoms with Gasteiger partial charge in [-0.15, -0.1) is 0 Å². The number of carbonyl (C=O) groups is 1. The molecule has 0 bridgehead atoms. The normalized spacial score (nSPS) is 17.7. The van der Waals surface area contributed by atoms with Crippen molar-refractivity contribution >= 4 is 23.2 Å². The molecule has 1 aliphatic rings. The van der Waals surface area contributed by atoms with Gasteiger partial charge in [-0.3, -0.25) is 4.79 Å². The summed E-state index contributed by atoms with van der Waals surface area (Å²) in [6.45, 7) is 0. The van der Waals surface area contributed by atoms with Crippen LogP contribution in [0, 0.1) is 0 Å². The molecule has 1 heterocycles. The van der Waals surface area contributed by atoms with Gasteiger partial charge in [0.15, 0.2) is 0 Å². The van der Waals surface area contributed by atoms with Crippen molar-refractivity contribution in [2.75, 3.05) is 11.9 Å². The second-order valence-electron chi connectivity index (χ2n) is 4.80. The van der Waals surface area contributed by atoms with Gasteiger partial charge in [0.1, 0.15) is 0 Å². The highest BCUT2D eigenvalue weighted by Crippen LogP contribution is 2.38. The quantitative estimate of drug-likeness (QED) is 0.817. The summed E-state index contributed by atoms with van der Waals surface area (Å²) < 4.78 is 0. The lowest BCUT2D eigenvalue weighted by Crippen LogP contribution is -2.24. The molecule has 0 radical (unpaired) electrons. The molecule has 19 heavy (non-hydrogen) atoms. The number of hydrogen-bond acceptors (Lipinski definition) is 1. The van der Waals surface area contributed by atoms with Crippen LogP contribution in [0.25, 0.3) is 0 Å². The first kappa shape index (κ1) is 12.2. The molecule has 2 nitrogen and oxygen atoms in total. The van der Waals surface area contributed by atoms with E-state index in [1.165, 1.54) is 0 Å². The maximum Gasteiger partial charge on any atom is 0.234 e. The van der Waals surface area contributed by atoms with Crippen LogP contribution >= 0.6 is 11.6 Å². The summed E-state index contributed by atoms with van der Waals surface area (Å²) in [5.74, 6) is 0.0159. The van der Waals surface area contributed by atoms with E-state index in [0.29, 0.717) is 6.42 Å². The van der Waals surface area contributed by atoms with E-state index < -0.39 is 0 Å². The van der Waals surface area contributed by atoms with E-state index in [2.05, 4.69) is 0 Å². The molecule has 0 saturated heterocycles. The topological polar surface area (TPSA) is 20.3 Å². The standard InChI is InChI=1S/C16H14ClNO/c1-18-15-9-5-3-7-12(15)13(16(18)19)10-11-6-2-4-8-14(11)17/h2-9,13H,10H2,1H3. The predicted octanol–water partition coefficient (Wildman–Crippen LogP) is 3.64. The van der Waals surface area contributed by atoms with Crippen molar-refractivity contribution in [3.05, 3.63) is 64.7 Å². The predicted molar refractivity (Wildman–Crippen MR) is 77.7 cm³/mol. The first-order chi connectivity index (χ1) is 9.18. The van der Waals surface area contributed by atoms with E-state index >= 15 is 0 Å². The lowest BCUT2D eigenvalue weighted by atomic mass is 9.93. The summed E-state index contributed by atoms with van der Waals surface area (Å²) in [6.07, 6.45) is 0.653. The molecule has 0 saturated carbocycles. The molecule has 1 amide bonds. The van der Waals surface area contributed by atoms with Crippen molar-refractivity contribution in [2.24, 2.45) is 0 Å². The van der Waals surface area contributed by atoms with Crippen LogP contribution in [0.1, 0.15) is 17.0 Å². The van der Waals surface area contributed by atoms with E-state index in [1.54, 1.807) is 4.90 Å². The smallest absolute Gasteiger partial charge is 0.234 e. The fourth-order valence-corrected chi connectivity index (χ4v) is 2.87. The Kier molecular flexibility index (Phi) is 3.03. The zero-order valence-corrected chi connectivity index (χ0v) is 11.4. The number of anilines is 1. The van der Waals surface area contributed by atoms with Crippen LogP contribution in [0.3, 0.4) is 0 Å². The largest absolute Gasteiger partial charge is 0.315 e. The summed E-state index contributed by atoms with van der Waals surface area (Å²) in [6, 6.07) is 15.7. The number of amides is 1. The Hall–Kier alpha value is -1.80. The average molecular weight is 272 g/mol. The third kappa shape index (κ3) is 2.02. The SMILES string of the molecule is CN1C(=O)C(Cc2ccccc2Cl)c2ccccc21. The second-order valence-corrected chi connectivity index (χ2v) is 5.21. The van der Waals surface area contributed by atoms with Gasteiger partial charge in [0.25, 0.3) is 0 Å². The Morgan fingerprint density at radius 2 is 1.79 bits per heavy atom. The molecular formula is C16H14ClNO. The Bertz CT molecular complexity index is 638. The fourth-order valence-electron chi connectivity index (χ4n) is 2.65. The van der Waals surface area contributed by atoms with Gasteiger partial charge in [-0.25, -0.2) is 0 Å². The van der Waals surface area contributed by atoms with Crippen LogP contribution in [0.2, 0.25) is 5.02 Å². The van der Waals surface area contributed by atoms with E-state index in [1.807, 2.05) is 55.6 Å². The van der Waals surface area contributed by atoms with E-state index in [0.717, 1.165) is 21.8 Å². The first-order valence-electron chi connectivity index (χ1n) is 6.28. The van der Waals surface area contributed by atoms with Crippen LogP contribution < -0.4 is 4.90 Å². The summed E-state index contributed by atoms with van der Waals surface area (Å²) in [5, 5.41) is 0.724. The fraction of sp³-hybridized carbons (Fsp3) is 0.188. The number of rotatable bonds is 2. The molecule has 3 rings (SSSR count). The lowest BCUT2D eigenvalue weighted by Gasteiger charge is -2.12. The van der Waals surface area contributed by atoms with Gasteiger partial charge in [0, 0.05) is 17.8 Å². The summed E-state index contributed by atoms with van der Waals surface area (Å²) in [7, 11) is 1.83. The van der Waals surface area contributed by atoms with Gasteiger partial charge in [0.05, 0.1) is 5.92 Å². The van der Waals surface area contributed by atoms with Crippen molar-refractivity contribution in [1.29, 1.82) is 0 Å². The minimum Gasteiger partial charge on any atom is -0.315 e. The van der Waals surface area contributed by atoms with Crippen molar-refractivity contribution in [1.82, 2.24) is 0 Å². The van der Waals surface area contributed by atoms with Gasteiger partial charge in [-0.1, -0.05) is 48.0 Å². The van der Waals surface area contributed by atoms with Crippen LogP contribution in [-0.4, -0.2) is 13.0 Å². The van der Waals surface area contributed by atoms with Gasteiger partial charge < -0.3 is 4.90 Å². The highest BCUT2D eigenvalue weighted by atomic mass is 35.5. The highest BCUT2D eigenvalue weighted by molar-refractivity contribution is 6.31. The minimum absolute atomic E-state index is 0.124. The van der Waals surface area contributed by atoms with Gasteiger partial charge in [-0.2, -0.15) is 0 Å². The Morgan fingerprint density at radius 1 is 1.11 bits per heavy atom. The van der Waals surface area contributed by atoms with Crippen LogP contribution in [0.4, 0.5) is 5.69 Å². The zero-order valence-electron chi connectivity index (χ0n) is 10.6. The first-order valence-corrected chi connectivity index (χ1v) is 6.66. The second kappa shape index (κ2) is 4.71. The van der Waals surface area contributed by atoms with Gasteiger partial charge in [0.2, 0.25) is 5.91 Å². The van der Waals surface area contributed by atoms with Crippen LogP contribution in [-0.2, 0) is 11.2 Å². The van der Waals surface area contributed by atoms with Gasteiger partial charge in [-0.05, 0) is 29.7 Å². The Morgan fingerprint density at radius 3 is 2.58 bits per heavy atom. The molecule has 0 N–H and O–H groups in total. The van der Waals surface area contributed by atoms with E-state index in [9.17, 15) is 4.79 Å². The maximum absolute atomic E-state index is 12.4. The highest BCUT2D eigenvalue weighted by Gasteiger charge is 2.34. The zero-order chi connectivity index (χ0) is 13.4.